The zero-order valence-corrected chi connectivity index (χ0v) is 22.4. The number of piperidine rings is 1. The largest absolute Gasteiger partial charge is 0.373 e. The van der Waals surface area contributed by atoms with Crippen LogP contribution in [0.2, 0.25) is 0 Å². The summed E-state index contributed by atoms with van der Waals surface area (Å²) in [5, 5.41) is 0. The number of hydrogen-bond acceptors (Lipinski definition) is 5. The summed E-state index contributed by atoms with van der Waals surface area (Å²) in [5.41, 5.74) is 5.23. The third-order valence-electron chi connectivity index (χ3n) is 7.58. The zero-order valence-electron chi connectivity index (χ0n) is 22.4. The number of carbonyl (C=O) groups is 1. The van der Waals surface area contributed by atoms with Crippen molar-refractivity contribution in [2.45, 2.75) is 90.9 Å². The lowest BCUT2D eigenvalue weighted by Crippen LogP contribution is -2.53. The van der Waals surface area contributed by atoms with Gasteiger partial charge in [0.25, 0.3) is 5.91 Å². The molecule has 6 nitrogen and oxygen atoms in total. The fourth-order valence-electron chi connectivity index (χ4n) is 5.49. The topological polar surface area (TPSA) is 58.6 Å². The molecule has 2 aromatic rings. The molecular weight excluding hydrogens is 436 g/mol. The van der Waals surface area contributed by atoms with Crippen molar-refractivity contribution in [3.8, 4) is 0 Å². The third kappa shape index (κ3) is 6.28. The van der Waals surface area contributed by atoms with Gasteiger partial charge >= 0.3 is 0 Å². The first kappa shape index (κ1) is 25.8. The average Bonchev–Trinajstić information content (AvgIpc) is 2.82. The fourth-order valence-corrected chi connectivity index (χ4v) is 5.49. The maximum Gasteiger partial charge on any atom is 0.272 e. The first-order valence-corrected chi connectivity index (χ1v) is 13.2. The molecule has 2 aliphatic heterocycles. The van der Waals surface area contributed by atoms with Crippen LogP contribution in [0.3, 0.4) is 0 Å². The highest BCUT2D eigenvalue weighted by atomic mass is 16.5. The van der Waals surface area contributed by atoms with Crippen LogP contribution in [0.5, 0.6) is 0 Å². The van der Waals surface area contributed by atoms with Crippen LogP contribution in [0.25, 0.3) is 0 Å². The van der Waals surface area contributed by atoms with Gasteiger partial charge in [-0.05, 0) is 63.0 Å². The molecule has 0 N–H and O–H groups in total. The van der Waals surface area contributed by atoms with Gasteiger partial charge in [-0.3, -0.25) is 9.69 Å². The lowest BCUT2D eigenvalue weighted by molar-refractivity contribution is -0.0856. The number of aryl methyl sites for hydroxylation is 2. The van der Waals surface area contributed by atoms with Gasteiger partial charge in [-0.1, -0.05) is 45.0 Å². The van der Waals surface area contributed by atoms with Gasteiger partial charge in [0.1, 0.15) is 12.0 Å². The summed E-state index contributed by atoms with van der Waals surface area (Å²) in [4.78, 5) is 26.8. The van der Waals surface area contributed by atoms with Gasteiger partial charge in [0.2, 0.25) is 0 Å². The molecule has 2 saturated heterocycles. The molecule has 0 radical (unpaired) electrons. The summed E-state index contributed by atoms with van der Waals surface area (Å²) < 4.78 is 5.89. The molecule has 2 fully saturated rings. The summed E-state index contributed by atoms with van der Waals surface area (Å²) in [7, 11) is 0. The fraction of sp³-hybridized carbons (Fsp3) is 0.621. The molecule has 4 rings (SSSR count). The normalized spacial score (nSPS) is 22.4. The summed E-state index contributed by atoms with van der Waals surface area (Å²) in [6, 6.07) is 9.39. The molecule has 190 valence electrons. The van der Waals surface area contributed by atoms with E-state index in [0.29, 0.717) is 11.7 Å². The maximum absolute atomic E-state index is 13.4. The van der Waals surface area contributed by atoms with Crippen LogP contribution in [0.1, 0.15) is 80.3 Å². The van der Waals surface area contributed by atoms with E-state index in [4.69, 9.17) is 4.74 Å². The van der Waals surface area contributed by atoms with E-state index in [1.807, 2.05) is 11.8 Å². The van der Waals surface area contributed by atoms with Crippen molar-refractivity contribution in [3.63, 3.8) is 0 Å². The molecule has 1 aromatic carbocycles. The molecule has 1 amide bonds. The van der Waals surface area contributed by atoms with Gasteiger partial charge in [0.15, 0.2) is 0 Å². The van der Waals surface area contributed by atoms with Gasteiger partial charge in [0, 0.05) is 43.5 Å². The maximum atomic E-state index is 13.4. The predicted molar refractivity (Wildman–Crippen MR) is 140 cm³/mol. The van der Waals surface area contributed by atoms with Gasteiger partial charge in [-0.25, -0.2) is 9.97 Å². The second-order valence-electron chi connectivity index (χ2n) is 11.5. The van der Waals surface area contributed by atoms with Gasteiger partial charge in [0.05, 0.1) is 12.2 Å². The third-order valence-corrected chi connectivity index (χ3v) is 7.58. The van der Waals surface area contributed by atoms with E-state index in [0.717, 1.165) is 63.1 Å². The number of nitrogens with zero attached hydrogens (tertiary/aromatic N) is 4. The smallest absolute Gasteiger partial charge is 0.272 e. The quantitative estimate of drug-likeness (QED) is 0.630. The molecule has 1 aromatic heterocycles. The van der Waals surface area contributed by atoms with Crippen molar-refractivity contribution in [1.82, 2.24) is 19.8 Å². The summed E-state index contributed by atoms with van der Waals surface area (Å²) in [6.45, 7) is 16.5. The zero-order chi connectivity index (χ0) is 25.2. The predicted octanol–water partition coefficient (Wildman–Crippen LogP) is 4.58. The minimum atomic E-state index is 0.0443. The first-order valence-electron chi connectivity index (χ1n) is 13.2. The number of morpholine rings is 1. The first-order chi connectivity index (χ1) is 16.6. The molecule has 0 aliphatic carbocycles. The van der Waals surface area contributed by atoms with Crippen LogP contribution in [0, 0.1) is 6.92 Å². The average molecular weight is 479 g/mol. The van der Waals surface area contributed by atoms with E-state index < -0.39 is 0 Å². The van der Waals surface area contributed by atoms with Crippen LogP contribution >= 0.6 is 0 Å². The second-order valence-corrected chi connectivity index (χ2v) is 11.5. The SMILES string of the molecule is Cc1c(CCc2ccc(C(C)(C)C)cc2)ncnc1C(=O)N1CCC(N2CC(C)OC(C)C2)CC1. The number of likely N-dealkylation sites (tertiary alicyclic amines) is 1. The van der Waals surface area contributed by atoms with Crippen molar-refractivity contribution >= 4 is 5.91 Å². The van der Waals surface area contributed by atoms with Crippen LogP contribution < -0.4 is 0 Å². The number of amides is 1. The molecule has 6 heteroatoms. The highest BCUT2D eigenvalue weighted by Gasteiger charge is 2.32. The molecule has 35 heavy (non-hydrogen) atoms. The Labute approximate surface area is 211 Å². The number of rotatable bonds is 5. The molecule has 2 aliphatic rings. The van der Waals surface area contributed by atoms with Gasteiger partial charge in [-0.15, -0.1) is 0 Å². The van der Waals surface area contributed by atoms with E-state index in [9.17, 15) is 4.79 Å². The van der Waals surface area contributed by atoms with E-state index in [2.05, 4.69) is 73.8 Å². The monoisotopic (exact) mass is 478 g/mol. The van der Waals surface area contributed by atoms with E-state index in [1.54, 1.807) is 6.33 Å². The van der Waals surface area contributed by atoms with Crippen molar-refractivity contribution in [2.24, 2.45) is 0 Å². The minimum Gasteiger partial charge on any atom is -0.373 e. The Bertz CT molecular complexity index is 996. The van der Waals surface area contributed by atoms with E-state index in [1.165, 1.54) is 11.1 Å². The molecule has 0 spiro atoms. The standard InChI is InChI=1S/C29H42N4O2/c1-20-17-33(18-21(2)35-20)25-13-15-32(16-14-25)28(34)27-22(3)26(30-19-31-27)12-9-23-7-10-24(11-8-23)29(4,5)6/h7-8,10-11,19-21,25H,9,12-18H2,1-6H3. The number of aromatic nitrogens is 2. The Morgan fingerprint density at radius 1 is 1.00 bits per heavy atom. The van der Waals surface area contributed by atoms with Crippen molar-refractivity contribution in [1.29, 1.82) is 0 Å². The second kappa shape index (κ2) is 10.8. The van der Waals surface area contributed by atoms with Crippen molar-refractivity contribution in [3.05, 3.63) is 58.7 Å². The number of carbonyl (C=O) groups excluding carboxylic acids is 1. The van der Waals surface area contributed by atoms with E-state index >= 15 is 0 Å². The molecule has 0 saturated carbocycles. The van der Waals surface area contributed by atoms with E-state index in [-0.39, 0.29) is 23.5 Å². The highest BCUT2D eigenvalue weighted by molar-refractivity contribution is 5.93. The van der Waals surface area contributed by atoms with Gasteiger partial charge < -0.3 is 9.64 Å². The molecule has 2 unspecified atom stereocenters. The summed E-state index contributed by atoms with van der Waals surface area (Å²) in [6.07, 6.45) is 5.83. The molecule has 2 atom stereocenters. The van der Waals surface area contributed by atoms with Crippen LogP contribution in [0.15, 0.2) is 30.6 Å². The lowest BCUT2D eigenvalue weighted by Gasteiger charge is -2.43. The molecule has 3 heterocycles. The molecule has 0 bridgehead atoms. The number of ether oxygens (including phenoxy) is 1. The van der Waals surface area contributed by atoms with Crippen LogP contribution in [0.4, 0.5) is 0 Å². The number of hydrogen-bond donors (Lipinski definition) is 0. The lowest BCUT2D eigenvalue weighted by atomic mass is 9.86. The summed E-state index contributed by atoms with van der Waals surface area (Å²) >= 11 is 0. The summed E-state index contributed by atoms with van der Waals surface area (Å²) in [5.74, 6) is 0.0443. The van der Waals surface area contributed by atoms with Crippen molar-refractivity contribution < 1.29 is 9.53 Å². The Morgan fingerprint density at radius 3 is 2.23 bits per heavy atom. The Kier molecular flexibility index (Phi) is 7.92. The highest BCUT2D eigenvalue weighted by Crippen LogP contribution is 2.24. The van der Waals surface area contributed by atoms with Crippen molar-refractivity contribution in [2.75, 3.05) is 26.2 Å². The Hall–Kier alpha value is -2.31. The minimum absolute atomic E-state index is 0.0443. The van der Waals surface area contributed by atoms with Crippen LogP contribution in [-0.4, -0.2) is 70.1 Å². The van der Waals surface area contributed by atoms with Gasteiger partial charge in [-0.2, -0.15) is 0 Å². The Balaban J connectivity index is 1.35. The Morgan fingerprint density at radius 2 is 1.63 bits per heavy atom. The molecular formula is C29H42N4O2. The van der Waals surface area contributed by atoms with Crippen LogP contribution in [-0.2, 0) is 23.0 Å². The number of benzene rings is 1.